The average Bonchev–Trinajstić information content (AvgIpc) is 2.62. The average molecular weight is 329 g/mol. The Morgan fingerprint density at radius 1 is 1.21 bits per heavy atom. The van der Waals surface area contributed by atoms with E-state index in [-0.39, 0.29) is 5.91 Å². The van der Waals surface area contributed by atoms with Crippen LogP contribution in [0.5, 0.6) is 17.4 Å². The van der Waals surface area contributed by atoms with Crippen LogP contribution in [0.25, 0.3) is 0 Å². The van der Waals surface area contributed by atoms with Gasteiger partial charge in [0, 0.05) is 18.8 Å². The van der Waals surface area contributed by atoms with Crippen molar-refractivity contribution in [2.45, 2.75) is 32.9 Å². The molecule has 1 aromatic heterocycles. The van der Waals surface area contributed by atoms with E-state index in [1.165, 1.54) is 0 Å². The Morgan fingerprint density at radius 3 is 2.58 bits per heavy atom. The molecule has 1 amide bonds. The predicted octanol–water partition coefficient (Wildman–Crippen LogP) is 2.63. The lowest BCUT2D eigenvalue weighted by molar-refractivity contribution is -0.122. The van der Waals surface area contributed by atoms with Crippen molar-refractivity contribution in [3.05, 3.63) is 48.2 Å². The number of ether oxygens (including phenoxy) is 2. The number of benzene rings is 1. The first-order valence-electron chi connectivity index (χ1n) is 8.02. The van der Waals surface area contributed by atoms with Gasteiger partial charge in [0.15, 0.2) is 11.5 Å². The molecular formula is C18H23N3O3. The summed E-state index contributed by atoms with van der Waals surface area (Å²) in [6.45, 7) is 4.74. The zero-order valence-electron chi connectivity index (χ0n) is 14.0. The van der Waals surface area contributed by atoms with Crippen LogP contribution in [-0.2, 0) is 11.3 Å². The summed E-state index contributed by atoms with van der Waals surface area (Å²) in [5.74, 6) is 1.58. The highest BCUT2D eigenvalue weighted by molar-refractivity contribution is 5.81. The molecule has 3 N–H and O–H groups in total. The van der Waals surface area contributed by atoms with Crippen molar-refractivity contribution in [2.24, 2.45) is 5.73 Å². The van der Waals surface area contributed by atoms with Gasteiger partial charge in [0.25, 0.3) is 0 Å². The second kappa shape index (κ2) is 8.88. The van der Waals surface area contributed by atoms with Crippen molar-refractivity contribution in [3.63, 3.8) is 0 Å². The fraction of sp³-hybridized carbons (Fsp3) is 0.333. The van der Waals surface area contributed by atoms with Crippen LogP contribution in [0.1, 0.15) is 25.8 Å². The lowest BCUT2D eigenvalue weighted by atomic mass is 10.2. The molecule has 0 aliphatic rings. The van der Waals surface area contributed by atoms with E-state index in [1.807, 2.05) is 44.2 Å². The molecule has 0 radical (unpaired) electrons. The lowest BCUT2D eigenvalue weighted by Gasteiger charge is -2.12. The molecule has 2 aromatic rings. The topological polar surface area (TPSA) is 86.5 Å². The quantitative estimate of drug-likeness (QED) is 0.777. The van der Waals surface area contributed by atoms with Gasteiger partial charge in [-0.2, -0.15) is 0 Å². The molecule has 0 aliphatic heterocycles. The highest BCUT2D eigenvalue weighted by Gasteiger charge is 2.10. The van der Waals surface area contributed by atoms with Crippen molar-refractivity contribution in [1.29, 1.82) is 0 Å². The minimum atomic E-state index is -0.476. The van der Waals surface area contributed by atoms with Gasteiger partial charge in [0.05, 0.1) is 12.6 Å². The first-order valence-corrected chi connectivity index (χ1v) is 8.02. The maximum absolute atomic E-state index is 11.7. The largest absolute Gasteiger partial charge is 0.490 e. The number of nitrogens with one attached hydrogen (secondary N) is 1. The third-order valence-electron chi connectivity index (χ3n) is 3.40. The van der Waals surface area contributed by atoms with Crippen LogP contribution in [0.3, 0.4) is 0 Å². The van der Waals surface area contributed by atoms with Crippen molar-refractivity contribution in [2.75, 3.05) is 6.61 Å². The predicted molar refractivity (Wildman–Crippen MR) is 92.0 cm³/mol. The number of carbonyl (C=O) groups is 1. The van der Waals surface area contributed by atoms with E-state index < -0.39 is 6.04 Å². The van der Waals surface area contributed by atoms with Crippen LogP contribution in [0.2, 0.25) is 0 Å². The van der Waals surface area contributed by atoms with Gasteiger partial charge in [-0.1, -0.05) is 25.1 Å². The molecule has 1 heterocycles. The van der Waals surface area contributed by atoms with E-state index in [2.05, 4.69) is 10.3 Å². The third kappa shape index (κ3) is 4.96. The summed E-state index contributed by atoms with van der Waals surface area (Å²) >= 11 is 0. The summed E-state index contributed by atoms with van der Waals surface area (Å²) in [5, 5.41) is 2.78. The molecule has 0 aliphatic carbocycles. The molecule has 0 bridgehead atoms. The Hall–Kier alpha value is -2.60. The normalized spacial score (nSPS) is 11.6. The summed E-state index contributed by atoms with van der Waals surface area (Å²) < 4.78 is 11.3. The summed E-state index contributed by atoms with van der Waals surface area (Å²) in [6.07, 6.45) is 2.27. The van der Waals surface area contributed by atoms with Gasteiger partial charge in [0.1, 0.15) is 0 Å². The van der Waals surface area contributed by atoms with E-state index in [1.54, 1.807) is 12.3 Å². The number of para-hydroxylation sites is 2. The van der Waals surface area contributed by atoms with E-state index in [9.17, 15) is 4.79 Å². The number of hydrogen-bond acceptors (Lipinski definition) is 5. The number of nitrogens with zero attached hydrogens (tertiary/aromatic N) is 1. The van der Waals surface area contributed by atoms with Crippen LogP contribution in [0, 0.1) is 0 Å². The fourth-order valence-corrected chi connectivity index (χ4v) is 2.00. The molecule has 2 rings (SSSR count). The fourth-order valence-electron chi connectivity index (χ4n) is 2.00. The van der Waals surface area contributed by atoms with Gasteiger partial charge in [-0.25, -0.2) is 4.98 Å². The zero-order valence-corrected chi connectivity index (χ0v) is 14.0. The van der Waals surface area contributed by atoms with Crippen molar-refractivity contribution in [3.8, 4) is 17.4 Å². The van der Waals surface area contributed by atoms with E-state index in [4.69, 9.17) is 15.2 Å². The molecule has 0 fully saturated rings. The van der Waals surface area contributed by atoms with Crippen LogP contribution in [-0.4, -0.2) is 23.5 Å². The summed E-state index contributed by atoms with van der Waals surface area (Å²) in [5.41, 5.74) is 6.54. The van der Waals surface area contributed by atoms with Crippen LogP contribution in [0.4, 0.5) is 0 Å². The van der Waals surface area contributed by atoms with Crippen LogP contribution in [0.15, 0.2) is 42.6 Å². The Kier molecular flexibility index (Phi) is 6.57. The number of aromatic nitrogens is 1. The third-order valence-corrected chi connectivity index (χ3v) is 3.40. The number of hydrogen-bond donors (Lipinski definition) is 2. The van der Waals surface area contributed by atoms with Crippen LogP contribution >= 0.6 is 0 Å². The molecule has 1 atom stereocenters. The molecule has 1 aromatic carbocycles. The minimum absolute atomic E-state index is 0.163. The van der Waals surface area contributed by atoms with E-state index in [0.29, 0.717) is 37.0 Å². The molecule has 0 saturated carbocycles. The Morgan fingerprint density at radius 2 is 1.96 bits per heavy atom. The first kappa shape index (κ1) is 17.7. The summed E-state index contributed by atoms with van der Waals surface area (Å²) in [6, 6.07) is 10.6. The highest BCUT2D eigenvalue weighted by Crippen LogP contribution is 2.30. The van der Waals surface area contributed by atoms with Gasteiger partial charge in [-0.15, -0.1) is 0 Å². The van der Waals surface area contributed by atoms with Gasteiger partial charge >= 0.3 is 0 Å². The second-order valence-electron chi connectivity index (χ2n) is 5.22. The van der Waals surface area contributed by atoms with Crippen molar-refractivity contribution in [1.82, 2.24) is 10.3 Å². The van der Waals surface area contributed by atoms with Crippen molar-refractivity contribution < 1.29 is 14.3 Å². The number of pyridine rings is 1. The molecule has 0 unspecified atom stereocenters. The van der Waals surface area contributed by atoms with Gasteiger partial charge in [-0.05, 0) is 31.0 Å². The molecular weight excluding hydrogens is 306 g/mol. The van der Waals surface area contributed by atoms with E-state index in [0.717, 1.165) is 5.56 Å². The zero-order chi connectivity index (χ0) is 17.4. The molecule has 24 heavy (non-hydrogen) atoms. The molecule has 6 nitrogen and oxygen atoms in total. The van der Waals surface area contributed by atoms with Gasteiger partial charge < -0.3 is 20.5 Å². The summed E-state index contributed by atoms with van der Waals surface area (Å²) in [7, 11) is 0. The van der Waals surface area contributed by atoms with E-state index >= 15 is 0 Å². The number of amides is 1. The second-order valence-corrected chi connectivity index (χ2v) is 5.22. The number of nitrogens with two attached hydrogens (primary N) is 1. The monoisotopic (exact) mass is 329 g/mol. The van der Waals surface area contributed by atoms with Gasteiger partial charge in [-0.3, -0.25) is 4.79 Å². The SMILES string of the molecule is CCOc1ccccc1Oc1ccc(CNC(=O)[C@@H](N)CC)cn1. The number of carbonyl (C=O) groups excluding carboxylic acids is 1. The first-order chi connectivity index (χ1) is 11.6. The standard InChI is InChI=1S/C18H23N3O3/c1-3-14(19)18(22)21-12-13-9-10-17(20-11-13)24-16-8-6-5-7-15(16)23-4-2/h5-11,14H,3-4,12,19H2,1-2H3,(H,21,22)/t14-/m0/s1. The molecule has 128 valence electrons. The maximum atomic E-state index is 11.7. The van der Waals surface area contributed by atoms with Gasteiger partial charge in [0.2, 0.25) is 11.8 Å². The van der Waals surface area contributed by atoms with Crippen LogP contribution < -0.4 is 20.5 Å². The minimum Gasteiger partial charge on any atom is -0.490 e. The molecule has 0 saturated heterocycles. The molecule has 6 heteroatoms. The maximum Gasteiger partial charge on any atom is 0.237 e. The highest BCUT2D eigenvalue weighted by atomic mass is 16.5. The Labute approximate surface area is 142 Å². The smallest absolute Gasteiger partial charge is 0.237 e. The summed E-state index contributed by atoms with van der Waals surface area (Å²) in [4.78, 5) is 15.9. The Bertz CT molecular complexity index is 659. The number of rotatable bonds is 8. The lowest BCUT2D eigenvalue weighted by Crippen LogP contribution is -2.39. The van der Waals surface area contributed by atoms with Crippen molar-refractivity contribution >= 4 is 5.91 Å². The Balaban J connectivity index is 1.96. The molecule has 0 spiro atoms.